The van der Waals surface area contributed by atoms with Crippen LogP contribution in [0, 0.1) is 13.8 Å². The summed E-state index contributed by atoms with van der Waals surface area (Å²) in [7, 11) is 0. The van der Waals surface area contributed by atoms with E-state index in [1.165, 1.54) is 17.7 Å². The van der Waals surface area contributed by atoms with Gasteiger partial charge in [-0.15, -0.1) is 5.73 Å². The number of aliphatic carboxylic acids is 1. The maximum atomic E-state index is 11.4. The van der Waals surface area contributed by atoms with Gasteiger partial charge in [0.15, 0.2) is 0 Å². The molecule has 3 nitrogen and oxygen atoms in total. The lowest BCUT2D eigenvalue weighted by Crippen LogP contribution is -2.03. The minimum Gasteiger partial charge on any atom is -0.507 e. The van der Waals surface area contributed by atoms with Crippen molar-refractivity contribution in [1.29, 1.82) is 0 Å². The Bertz CT molecular complexity index is 938. The Hall–Kier alpha value is -3.29. The molecule has 0 aliphatic heterocycles. The van der Waals surface area contributed by atoms with Crippen LogP contribution in [0.4, 0.5) is 0 Å². The lowest BCUT2D eigenvalue weighted by atomic mass is 9.94. The lowest BCUT2D eigenvalue weighted by Gasteiger charge is -2.10. The van der Waals surface area contributed by atoms with Crippen molar-refractivity contribution in [1.82, 2.24) is 0 Å². The van der Waals surface area contributed by atoms with Crippen LogP contribution in [0.25, 0.3) is 16.7 Å². The van der Waals surface area contributed by atoms with Gasteiger partial charge in [-0.25, -0.2) is 4.79 Å². The van der Waals surface area contributed by atoms with E-state index in [1.54, 1.807) is 6.92 Å². The summed E-state index contributed by atoms with van der Waals surface area (Å²) in [6, 6.07) is 14.2. The molecule has 0 aliphatic carbocycles. The molecule has 132 valence electrons. The minimum atomic E-state index is -1.21. The summed E-state index contributed by atoms with van der Waals surface area (Å²) in [5.74, 6) is -1.50. The summed E-state index contributed by atoms with van der Waals surface area (Å²) >= 11 is 0. The molecular weight excluding hydrogens is 324 g/mol. The van der Waals surface area contributed by atoms with Crippen LogP contribution in [-0.4, -0.2) is 16.2 Å². The molecule has 0 unspecified atom stereocenters. The van der Waals surface area contributed by atoms with Crippen molar-refractivity contribution in [2.75, 3.05) is 0 Å². The quantitative estimate of drug-likeness (QED) is 0.320. The fourth-order valence-corrected chi connectivity index (χ4v) is 2.67. The van der Waals surface area contributed by atoms with E-state index in [9.17, 15) is 15.0 Å². The number of carboxylic acid groups (broad SMARTS) is 1. The number of hydrogen-bond donors (Lipinski definition) is 2. The van der Waals surface area contributed by atoms with E-state index in [2.05, 4.69) is 36.6 Å². The maximum Gasteiger partial charge on any atom is 0.339 e. The Morgan fingerprint density at radius 2 is 1.73 bits per heavy atom. The predicted octanol–water partition coefficient (Wildman–Crippen LogP) is 5.61. The first-order chi connectivity index (χ1) is 12.4. The molecule has 2 aromatic carbocycles. The maximum absolute atomic E-state index is 11.4. The molecule has 0 atom stereocenters. The molecule has 0 spiro atoms. The molecule has 0 aromatic heterocycles. The Morgan fingerprint density at radius 3 is 2.23 bits per heavy atom. The summed E-state index contributed by atoms with van der Waals surface area (Å²) in [6.07, 6.45) is 2.72. The van der Waals surface area contributed by atoms with Gasteiger partial charge in [-0.3, -0.25) is 0 Å². The van der Waals surface area contributed by atoms with Gasteiger partial charge in [-0.2, -0.15) is 0 Å². The lowest BCUT2D eigenvalue weighted by molar-refractivity contribution is -0.132. The first kappa shape index (κ1) is 19.0. The smallest absolute Gasteiger partial charge is 0.339 e. The largest absolute Gasteiger partial charge is 0.507 e. The highest BCUT2D eigenvalue weighted by Gasteiger charge is 2.13. The van der Waals surface area contributed by atoms with E-state index in [-0.39, 0.29) is 11.3 Å². The van der Waals surface area contributed by atoms with Gasteiger partial charge in [0.2, 0.25) is 0 Å². The molecule has 2 N–H and O–H groups in total. The molecule has 0 bridgehead atoms. The normalized spacial score (nSPS) is 11.8. The zero-order valence-electron chi connectivity index (χ0n) is 15.2. The number of benzene rings is 2. The number of aliphatic hydroxyl groups is 1. The van der Waals surface area contributed by atoms with Gasteiger partial charge in [0.05, 0.1) is 0 Å². The average Bonchev–Trinajstić information content (AvgIpc) is 2.62. The topological polar surface area (TPSA) is 57.5 Å². The van der Waals surface area contributed by atoms with Crippen molar-refractivity contribution in [2.24, 2.45) is 0 Å². The average molecular weight is 346 g/mol. The second-order valence-corrected chi connectivity index (χ2v) is 6.02. The molecule has 3 heteroatoms. The first-order valence-electron chi connectivity index (χ1n) is 8.26. The van der Waals surface area contributed by atoms with E-state index in [1.807, 2.05) is 32.0 Å². The predicted molar refractivity (Wildman–Crippen MR) is 106 cm³/mol. The van der Waals surface area contributed by atoms with Crippen LogP contribution in [0.3, 0.4) is 0 Å². The van der Waals surface area contributed by atoms with Crippen molar-refractivity contribution in [3.05, 3.63) is 94.9 Å². The van der Waals surface area contributed by atoms with Crippen LogP contribution in [0.1, 0.15) is 23.6 Å². The molecule has 0 fully saturated rings. The van der Waals surface area contributed by atoms with Crippen LogP contribution < -0.4 is 0 Å². The number of hydrogen-bond acceptors (Lipinski definition) is 2. The zero-order valence-corrected chi connectivity index (χ0v) is 15.2. The van der Waals surface area contributed by atoms with E-state index in [0.29, 0.717) is 5.57 Å². The molecule has 2 aromatic rings. The van der Waals surface area contributed by atoms with E-state index in [0.717, 1.165) is 22.3 Å². The third-order valence-electron chi connectivity index (χ3n) is 4.16. The van der Waals surface area contributed by atoms with E-state index in [4.69, 9.17) is 0 Å². The number of carbonyl (C=O) groups is 1. The SMILES string of the molecule is C=C=C(/C=C(C(=O)O)\C(O)=C/C)c1ccc(-c2ccc(C)cc2)c(C)c1. The summed E-state index contributed by atoms with van der Waals surface area (Å²) < 4.78 is 0. The minimum absolute atomic E-state index is 0.195. The van der Waals surface area contributed by atoms with Gasteiger partial charge in [0.25, 0.3) is 0 Å². The Balaban J connectivity index is 2.48. The summed E-state index contributed by atoms with van der Waals surface area (Å²) in [4.78, 5) is 11.4. The molecule has 26 heavy (non-hydrogen) atoms. The molecule has 0 amide bonds. The van der Waals surface area contributed by atoms with Gasteiger partial charge in [0, 0.05) is 5.57 Å². The van der Waals surface area contributed by atoms with Crippen molar-refractivity contribution in [2.45, 2.75) is 20.8 Å². The van der Waals surface area contributed by atoms with Gasteiger partial charge in [0.1, 0.15) is 11.3 Å². The Morgan fingerprint density at radius 1 is 1.08 bits per heavy atom. The first-order valence-corrected chi connectivity index (χ1v) is 8.26. The van der Waals surface area contributed by atoms with Crippen LogP contribution in [0.15, 0.2) is 78.3 Å². The number of aryl methyl sites for hydroxylation is 2. The second-order valence-electron chi connectivity index (χ2n) is 6.02. The van der Waals surface area contributed by atoms with Crippen LogP contribution in [0.2, 0.25) is 0 Å². The van der Waals surface area contributed by atoms with Gasteiger partial charge < -0.3 is 10.2 Å². The number of aliphatic hydroxyl groups excluding tert-OH is 1. The fourth-order valence-electron chi connectivity index (χ4n) is 2.67. The van der Waals surface area contributed by atoms with E-state index < -0.39 is 5.97 Å². The fraction of sp³-hybridized carbons (Fsp3) is 0.130. The highest BCUT2D eigenvalue weighted by molar-refractivity contribution is 5.95. The summed E-state index contributed by atoms with van der Waals surface area (Å²) in [5, 5.41) is 19.1. The summed E-state index contributed by atoms with van der Waals surface area (Å²) in [5.41, 5.74) is 8.35. The van der Waals surface area contributed by atoms with Crippen molar-refractivity contribution in [3.8, 4) is 11.1 Å². The highest BCUT2D eigenvalue weighted by Crippen LogP contribution is 2.28. The molecular formula is C23H22O3. The van der Waals surface area contributed by atoms with Crippen molar-refractivity contribution < 1.29 is 15.0 Å². The van der Waals surface area contributed by atoms with Gasteiger partial charge in [-0.05, 0) is 55.2 Å². The van der Waals surface area contributed by atoms with Crippen LogP contribution >= 0.6 is 0 Å². The van der Waals surface area contributed by atoms with Crippen molar-refractivity contribution >= 4 is 11.5 Å². The number of carboxylic acids is 1. The number of allylic oxidation sites excluding steroid dienone is 3. The molecule has 0 aliphatic rings. The van der Waals surface area contributed by atoms with Gasteiger partial charge in [-0.1, -0.05) is 54.6 Å². The van der Waals surface area contributed by atoms with Gasteiger partial charge >= 0.3 is 5.97 Å². The van der Waals surface area contributed by atoms with E-state index >= 15 is 0 Å². The molecule has 0 heterocycles. The molecule has 2 rings (SSSR count). The van der Waals surface area contributed by atoms with Crippen LogP contribution in [-0.2, 0) is 4.79 Å². The molecule has 0 saturated carbocycles. The molecule has 0 saturated heterocycles. The third-order valence-corrected chi connectivity index (χ3v) is 4.16. The third kappa shape index (κ3) is 4.21. The highest BCUT2D eigenvalue weighted by atomic mass is 16.4. The van der Waals surface area contributed by atoms with Crippen molar-refractivity contribution in [3.63, 3.8) is 0 Å². The zero-order chi connectivity index (χ0) is 19.3. The molecule has 0 radical (unpaired) electrons. The standard InChI is InChI=1S/C23H22O3/c1-5-17(14-21(23(25)26)22(24)6-2)19-11-12-20(16(4)13-19)18-9-7-15(3)8-10-18/h6-14,24H,1H2,2-4H3,(H,25,26)/b21-14+,22-6+. The monoisotopic (exact) mass is 346 g/mol. The van der Waals surface area contributed by atoms with Crippen LogP contribution in [0.5, 0.6) is 0 Å². The Labute approximate surface area is 153 Å². The second kappa shape index (κ2) is 8.19. The summed E-state index contributed by atoms with van der Waals surface area (Å²) in [6.45, 7) is 9.28. The Kier molecular flexibility index (Phi) is 6.00. The number of rotatable bonds is 5.